The van der Waals surface area contributed by atoms with Crippen molar-refractivity contribution in [3.8, 4) is 5.75 Å². The highest BCUT2D eigenvalue weighted by Crippen LogP contribution is 2.25. The molecule has 2 aliphatic rings. The Bertz CT molecular complexity index is 570. The van der Waals surface area contributed by atoms with Gasteiger partial charge < -0.3 is 14.7 Å². The summed E-state index contributed by atoms with van der Waals surface area (Å²) < 4.78 is 5.55. The molecule has 1 aromatic carbocycles. The van der Waals surface area contributed by atoms with E-state index in [2.05, 4.69) is 52.8 Å². The average molecular weight is 390 g/mol. The van der Waals surface area contributed by atoms with Gasteiger partial charge in [-0.25, -0.2) is 0 Å². The summed E-state index contributed by atoms with van der Waals surface area (Å²) in [4.78, 5) is 7.86. The van der Waals surface area contributed by atoms with Crippen LogP contribution in [-0.2, 0) is 6.54 Å². The molecule has 5 nitrogen and oxygen atoms in total. The monoisotopic (exact) mass is 389 g/mol. The van der Waals surface area contributed by atoms with Crippen LogP contribution in [0.15, 0.2) is 24.3 Å². The molecular formula is C23H39N3O2. The summed E-state index contributed by atoms with van der Waals surface area (Å²) in [5.41, 5.74) is 1.34. The zero-order valence-electron chi connectivity index (χ0n) is 18.0. The maximum atomic E-state index is 9.64. The fraction of sp³-hybridized carbons (Fsp3) is 0.739. The zero-order chi connectivity index (χ0) is 19.9. The van der Waals surface area contributed by atoms with Crippen molar-refractivity contribution in [3.63, 3.8) is 0 Å². The summed E-state index contributed by atoms with van der Waals surface area (Å²) in [5.74, 6) is 0.946. The summed E-state index contributed by atoms with van der Waals surface area (Å²) in [6, 6.07) is 10.3. The molecule has 158 valence electrons. The average Bonchev–Trinajstić information content (AvgIpc) is 2.70. The smallest absolute Gasteiger partial charge is 0.119 e. The molecule has 2 saturated heterocycles. The van der Waals surface area contributed by atoms with Crippen molar-refractivity contribution in [3.05, 3.63) is 29.8 Å². The number of piperidine rings is 1. The Kier molecular flexibility index (Phi) is 8.15. The quantitative estimate of drug-likeness (QED) is 0.740. The minimum Gasteiger partial charge on any atom is -0.494 e. The van der Waals surface area contributed by atoms with E-state index in [1.807, 2.05) is 6.92 Å². The lowest BCUT2D eigenvalue weighted by atomic mass is 9.97. The summed E-state index contributed by atoms with van der Waals surface area (Å²) in [6.45, 7) is 14.3. The minimum atomic E-state index is 0.281. The number of likely N-dealkylation sites (tertiary alicyclic amines) is 1. The molecule has 0 bridgehead atoms. The number of rotatable bonds is 8. The number of nitrogens with zero attached hydrogens (tertiary/aromatic N) is 3. The van der Waals surface area contributed by atoms with E-state index in [1.54, 1.807) is 0 Å². The minimum absolute atomic E-state index is 0.281. The topological polar surface area (TPSA) is 39.2 Å². The number of ether oxygens (including phenoxy) is 1. The Labute approximate surface area is 171 Å². The van der Waals surface area contributed by atoms with Crippen LogP contribution in [0.4, 0.5) is 0 Å². The van der Waals surface area contributed by atoms with Crippen LogP contribution in [-0.4, -0.2) is 83.9 Å². The third kappa shape index (κ3) is 5.69. The van der Waals surface area contributed by atoms with Gasteiger partial charge in [-0.05, 0) is 70.8 Å². The van der Waals surface area contributed by atoms with Crippen molar-refractivity contribution in [2.45, 2.75) is 64.7 Å². The van der Waals surface area contributed by atoms with Crippen LogP contribution in [0.25, 0.3) is 0 Å². The molecule has 2 heterocycles. The Hall–Kier alpha value is -1.14. The Morgan fingerprint density at radius 1 is 1.07 bits per heavy atom. The molecule has 0 aromatic heterocycles. The van der Waals surface area contributed by atoms with Crippen LogP contribution >= 0.6 is 0 Å². The van der Waals surface area contributed by atoms with Crippen LogP contribution in [0.5, 0.6) is 5.75 Å². The van der Waals surface area contributed by atoms with E-state index >= 15 is 0 Å². The maximum absolute atomic E-state index is 9.64. The number of hydrogen-bond acceptors (Lipinski definition) is 5. The van der Waals surface area contributed by atoms with E-state index in [0.717, 1.165) is 38.3 Å². The van der Waals surface area contributed by atoms with Gasteiger partial charge >= 0.3 is 0 Å². The molecule has 0 radical (unpaired) electrons. The Balaban J connectivity index is 1.55. The standard InChI is InChI=1S/C23H39N3O2/c1-4-28-23-7-5-20(6-8-23)17-24-14-15-26(22(18-24)11-16-27)21-9-12-25(13-10-21)19(2)3/h5-8,19,21-22,27H,4,9-18H2,1-3H3. The van der Waals surface area contributed by atoms with E-state index < -0.39 is 0 Å². The first-order valence-electron chi connectivity index (χ1n) is 11.2. The van der Waals surface area contributed by atoms with E-state index in [-0.39, 0.29) is 6.61 Å². The third-order valence-electron chi connectivity index (χ3n) is 6.41. The van der Waals surface area contributed by atoms with Gasteiger partial charge in [0.1, 0.15) is 5.75 Å². The lowest BCUT2D eigenvalue weighted by Gasteiger charge is -2.48. The number of aliphatic hydroxyl groups is 1. The molecule has 0 amide bonds. The molecule has 0 saturated carbocycles. The van der Waals surface area contributed by atoms with Gasteiger partial charge in [-0.1, -0.05) is 12.1 Å². The molecule has 2 fully saturated rings. The normalized spacial score (nSPS) is 23.4. The van der Waals surface area contributed by atoms with Crippen molar-refractivity contribution >= 4 is 0 Å². The second-order valence-electron chi connectivity index (χ2n) is 8.58. The summed E-state index contributed by atoms with van der Waals surface area (Å²) in [7, 11) is 0. The van der Waals surface area contributed by atoms with Gasteiger partial charge in [0.05, 0.1) is 6.61 Å². The van der Waals surface area contributed by atoms with Gasteiger partial charge in [0.25, 0.3) is 0 Å². The van der Waals surface area contributed by atoms with Crippen molar-refractivity contribution in [1.29, 1.82) is 0 Å². The summed E-state index contributed by atoms with van der Waals surface area (Å²) >= 11 is 0. The second-order valence-corrected chi connectivity index (χ2v) is 8.58. The van der Waals surface area contributed by atoms with Crippen molar-refractivity contribution in [2.75, 3.05) is 45.9 Å². The largest absolute Gasteiger partial charge is 0.494 e. The summed E-state index contributed by atoms with van der Waals surface area (Å²) in [6.07, 6.45) is 3.40. The highest BCUT2D eigenvalue weighted by Gasteiger charge is 2.33. The highest BCUT2D eigenvalue weighted by atomic mass is 16.5. The first-order chi connectivity index (χ1) is 13.6. The fourth-order valence-corrected chi connectivity index (χ4v) is 4.81. The predicted octanol–water partition coefficient (Wildman–Crippen LogP) is 2.83. The van der Waals surface area contributed by atoms with Crippen molar-refractivity contribution < 1.29 is 9.84 Å². The van der Waals surface area contributed by atoms with Gasteiger partial charge in [-0.15, -0.1) is 0 Å². The molecule has 5 heteroatoms. The first-order valence-corrected chi connectivity index (χ1v) is 11.2. The van der Waals surface area contributed by atoms with Gasteiger partial charge in [-0.2, -0.15) is 0 Å². The molecule has 1 N–H and O–H groups in total. The number of benzene rings is 1. The van der Waals surface area contributed by atoms with E-state index in [1.165, 1.54) is 31.5 Å². The van der Waals surface area contributed by atoms with Crippen LogP contribution in [0.1, 0.15) is 45.6 Å². The van der Waals surface area contributed by atoms with Gasteiger partial charge in [0.15, 0.2) is 0 Å². The van der Waals surface area contributed by atoms with E-state index in [9.17, 15) is 5.11 Å². The molecule has 1 aromatic rings. The third-order valence-corrected chi connectivity index (χ3v) is 6.41. The van der Waals surface area contributed by atoms with Crippen LogP contribution in [0.3, 0.4) is 0 Å². The number of aliphatic hydroxyl groups excluding tert-OH is 1. The molecule has 0 spiro atoms. The van der Waals surface area contributed by atoms with E-state index in [4.69, 9.17) is 4.74 Å². The SMILES string of the molecule is CCOc1ccc(CN2CCN(C3CCN(C(C)C)CC3)C(CCO)C2)cc1. The summed E-state index contributed by atoms with van der Waals surface area (Å²) in [5, 5.41) is 9.64. The van der Waals surface area contributed by atoms with Crippen molar-refractivity contribution in [1.82, 2.24) is 14.7 Å². The molecule has 28 heavy (non-hydrogen) atoms. The molecule has 1 unspecified atom stereocenters. The molecule has 2 aliphatic heterocycles. The highest BCUT2D eigenvalue weighted by molar-refractivity contribution is 5.27. The number of piperazine rings is 1. The Morgan fingerprint density at radius 3 is 2.39 bits per heavy atom. The lowest BCUT2D eigenvalue weighted by Crippen LogP contribution is -2.58. The zero-order valence-corrected chi connectivity index (χ0v) is 18.0. The van der Waals surface area contributed by atoms with E-state index in [0.29, 0.717) is 24.7 Å². The lowest BCUT2D eigenvalue weighted by molar-refractivity contribution is -0.0000334. The van der Waals surface area contributed by atoms with Gasteiger partial charge in [0, 0.05) is 50.9 Å². The Morgan fingerprint density at radius 2 is 1.79 bits per heavy atom. The molecule has 1 atom stereocenters. The molecular weight excluding hydrogens is 350 g/mol. The predicted molar refractivity (Wildman–Crippen MR) is 115 cm³/mol. The first kappa shape index (κ1) is 21.6. The van der Waals surface area contributed by atoms with Crippen LogP contribution < -0.4 is 4.74 Å². The maximum Gasteiger partial charge on any atom is 0.119 e. The molecule has 0 aliphatic carbocycles. The molecule has 3 rings (SSSR count). The van der Waals surface area contributed by atoms with Crippen LogP contribution in [0, 0.1) is 0 Å². The van der Waals surface area contributed by atoms with Gasteiger partial charge in [-0.3, -0.25) is 9.80 Å². The second kappa shape index (κ2) is 10.6. The van der Waals surface area contributed by atoms with Gasteiger partial charge in [0.2, 0.25) is 0 Å². The van der Waals surface area contributed by atoms with Crippen molar-refractivity contribution in [2.24, 2.45) is 0 Å². The fourth-order valence-electron chi connectivity index (χ4n) is 4.81. The number of hydrogen-bond donors (Lipinski definition) is 1. The van der Waals surface area contributed by atoms with Crippen LogP contribution in [0.2, 0.25) is 0 Å².